The van der Waals surface area contributed by atoms with Gasteiger partial charge < -0.3 is 5.32 Å². The minimum Gasteiger partial charge on any atom is -0.302 e. The maximum atomic E-state index is 12.6. The summed E-state index contributed by atoms with van der Waals surface area (Å²) in [4.78, 5) is 5.10. The monoisotopic (exact) mass is 257 g/mol. The normalized spacial score (nSPS) is 13.2. The van der Waals surface area contributed by atoms with Crippen molar-refractivity contribution in [2.45, 2.75) is 26.1 Å². The summed E-state index contributed by atoms with van der Waals surface area (Å²) in [5.41, 5.74) is 0. The number of hydrogen-bond donors (Lipinski definition) is 1. The first-order valence-corrected chi connectivity index (χ1v) is 6.13. The van der Waals surface area contributed by atoms with Crippen molar-refractivity contribution < 1.29 is 8.78 Å². The Morgan fingerprint density at radius 3 is 3.00 bits per heavy atom. The molecule has 92 valence electrons. The highest BCUT2D eigenvalue weighted by Crippen LogP contribution is 2.19. The molecule has 2 aromatic heterocycles. The van der Waals surface area contributed by atoms with E-state index in [0.29, 0.717) is 12.4 Å². The number of halogens is 2. The van der Waals surface area contributed by atoms with E-state index in [1.165, 1.54) is 17.3 Å². The van der Waals surface area contributed by atoms with Gasteiger partial charge in [-0.3, -0.25) is 4.57 Å². The van der Waals surface area contributed by atoms with E-state index in [2.05, 4.69) is 10.3 Å². The molecule has 0 bridgehead atoms. The van der Waals surface area contributed by atoms with Gasteiger partial charge in [-0.05, 0) is 18.4 Å². The molecule has 0 aliphatic rings. The summed E-state index contributed by atoms with van der Waals surface area (Å²) >= 11 is 1.64. The molecule has 0 saturated carbocycles. The first kappa shape index (κ1) is 12.2. The summed E-state index contributed by atoms with van der Waals surface area (Å²) in [5, 5.41) is 5.17. The van der Waals surface area contributed by atoms with Gasteiger partial charge in [0, 0.05) is 23.3 Å². The maximum Gasteiger partial charge on any atom is 0.319 e. The Morgan fingerprint density at radius 2 is 2.35 bits per heavy atom. The topological polar surface area (TPSA) is 29.9 Å². The fourth-order valence-corrected chi connectivity index (χ4v) is 2.30. The molecule has 0 spiro atoms. The fraction of sp³-hybridized carbons (Fsp3) is 0.364. The molecule has 1 N–H and O–H groups in total. The van der Waals surface area contributed by atoms with Crippen LogP contribution in [0.5, 0.6) is 0 Å². The van der Waals surface area contributed by atoms with Crippen molar-refractivity contribution in [2.75, 3.05) is 0 Å². The smallest absolute Gasteiger partial charge is 0.302 e. The largest absolute Gasteiger partial charge is 0.319 e. The number of nitrogens with one attached hydrogen (secondary N) is 1. The number of aromatic nitrogens is 2. The van der Waals surface area contributed by atoms with Crippen LogP contribution < -0.4 is 5.32 Å². The standard InChI is InChI=1S/C11H13F2N3S/c1-8(9-3-2-6-17-9)15-7-10-14-4-5-16(10)11(12)13/h2-6,8,11,15H,7H2,1H3. The van der Waals surface area contributed by atoms with Crippen LogP contribution in [0.3, 0.4) is 0 Å². The highest BCUT2D eigenvalue weighted by atomic mass is 32.1. The molecule has 2 aromatic rings. The Kier molecular flexibility index (Phi) is 3.86. The molecule has 2 heterocycles. The summed E-state index contributed by atoms with van der Waals surface area (Å²) < 4.78 is 26.0. The average Bonchev–Trinajstić information content (AvgIpc) is 2.96. The third kappa shape index (κ3) is 2.89. The fourth-order valence-electron chi connectivity index (χ4n) is 1.54. The number of nitrogens with zero attached hydrogens (tertiary/aromatic N) is 2. The van der Waals surface area contributed by atoms with E-state index >= 15 is 0 Å². The van der Waals surface area contributed by atoms with Crippen LogP contribution in [0.15, 0.2) is 29.9 Å². The lowest BCUT2D eigenvalue weighted by Crippen LogP contribution is -2.20. The zero-order valence-electron chi connectivity index (χ0n) is 9.31. The molecule has 0 fully saturated rings. The second-order valence-electron chi connectivity index (χ2n) is 3.65. The molecule has 2 rings (SSSR count). The maximum absolute atomic E-state index is 12.6. The van der Waals surface area contributed by atoms with Crippen molar-refractivity contribution in [1.29, 1.82) is 0 Å². The van der Waals surface area contributed by atoms with E-state index in [1.807, 2.05) is 24.4 Å². The predicted molar refractivity (Wildman–Crippen MR) is 63.1 cm³/mol. The van der Waals surface area contributed by atoms with Gasteiger partial charge in [0.15, 0.2) is 0 Å². The van der Waals surface area contributed by atoms with Crippen molar-refractivity contribution in [3.05, 3.63) is 40.6 Å². The second kappa shape index (κ2) is 5.37. The lowest BCUT2D eigenvalue weighted by molar-refractivity contribution is 0.0665. The molecule has 0 saturated heterocycles. The zero-order valence-corrected chi connectivity index (χ0v) is 10.1. The predicted octanol–water partition coefficient (Wildman–Crippen LogP) is 3.19. The molecule has 0 aliphatic carbocycles. The van der Waals surface area contributed by atoms with Crippen LogP contribution in [0.4, 0.5) is 8.78 Å². The van der Waals surface area contributed by atoms with Gasteiger partial charge in [0.05, 0.1) is 6.54 Å². The number of thiophene rings is 1. The van der Waals surface area contributed by atoms with Crippen LogP contribution >= 0.6 is 11.3 Å². The van der Waals surface area contributed by atoms with Gasteiger partial charge in [0.2, 0.25) is 0 Å². The summed E-state index contributed by atoms with van der Waals surface area (Å²) in [6.45, 7) is -0.205. The van der Waals surface area contributed by atoms with Gasteiger partial charge in [-0.15, -0.1) is 11.3 Å². The van der Waals surface area contributed by atoms with Gasteiger partial charge in [0.1, 0.15) is 5.82 Å². The summed E-state index contributed by atoms with van der Waals surface area (Å²) in [7, 11) is 0. The van der Waals surface area contributed by atoms with E-state index in [1.54, 1.807) is 11.3 Å². The molecule has 6 heteroatoms. The van der Waals surface area contributed by atoms with E-state index in [-0.39, 0.29) is 6.04 Å². The number of rotatable bonds is 5. The number of alkyl halides is 2. The Bertz CT molecular complexity index is 453. The molecular formula is C11H13F2N3S. The minimum atomic E-state index is -2.54. The summed E-state index contributed by atoms with van der Waals surface area (Å²) in [6.07, 6.45) is 2.68. The molecule has 1 unspecified atom stereocenters. The summed E-state index contributed by atoms with van der Waals surface area (Å²) in [5.74, 6) is 0.350. The number of imidazole rings is 1. The van der Waals surface area contributed by atoms with Crippen LogP contribution in [-0.4, -0.2) is 9.55 Å². The van der Waals surface area contributed by atoms with Gasteiger partial charge in [-0.2, -0.15) is 8.78 Å². The average molecular weight is 257 g/mol. The lowest BCUT2D eigenvalue weighted by Gasteiger charge is -2.12. The SMILES string of the molecule is CC(NCc1nccn1C(F)F)c1cccs1. The lowest BCUT2D eigenvalue weighted by atomic mass is 10.3. The van der Waals surface area contributed by atoms with Crippen molar-refractivity contribution in [3.63, 3.8) is 0 Å². The van der Waals surface area contributed by atoms with E-state index in [0.717, 1.165) is 4.57 Å². The minimum absolute atomic E-state index is 0.137. The highest BCUT2D eigenvalue weighted by molar-refractivity contribution is 7.10. The van der Waals surface area contributed by atoms with Crippen LogP contribution in [0.1, 0.15) is 30.2 Å². The number of hydrogen-bond acceptors (Lipinski definition) is 3. The first-order chi connectivity index (χ1) is 8.18. The molecule has 17 heavy (non-hydrogen) atoms. The Balaban J connectivity index is 1.96. The zero-order chi connectivity index (χ0) is 12.3. The third-order valence-corrected chi connectivity index (χ3v) is 3.55. The molecule has 3 nitrogen and oxygen atoms in total. The molecule has 1 atom stereocenters. The van der Waals surface area contributed by atoms with Crippen LogP contribution in [0.2, 0.25) is 0 Å². The third-order valence-electron chi connectivity index (χ3n) is 2.50. The Labute approximate surface area is 102 Å². The first-order valence-electron chi connectivity index (χ1n) is 5.25. The molecule has 0 amide bonds. The van der Waals surface area contributed by atoms with Crippen molar-refractivity contribution in [2.24, 2.45) is 0 Å². The van der Waals surface area contributed by atoms with Crippen LogP contribution in [-0.2, 0) is 6.54 Å². The molecular weight excluding hydrogens is 244 g/mol. The van der Waals surface area contributed by atoms with Crippen molar-refractivity contribution in [3.8, 4) is 0 Å². The van der Waals surface area contributed by atoms with Crippen molar-refractivity contribution in [1.82, 2.24) is 14.9 Å². The highest BCUT2D eigenvalue weighted by Gasteiger charge is 2.12. The Hall–Kier alpha value is -1.27. The van der Waals surface area contributed by atoms with E-state index in [4.69, 9.17) is 0 Å². The van der Waals surface area contributed by atoms with Gasteiger partial charge in [0.25, 0.3) is 0 Å². The van der Waals surface area contributed by atoms with E-state index < -0.39 is 6.55 Å². The van der Waals surface area contributed by atoms with Gasteiger partial charge in [-0.25, -0.2) is 4.98 Å². The summed E-state index contributed by atoms with van der Waals surface area (Å²) in [6, 6.07) is 4.12. The van der Waals surface area contributed by atoms with Gasteiger partial charge >= 0.3 is 6.55 Å². The van der Waals surface area contributed by atoms with Crippen LogP contribution in [0, 0.1) is 0 Å². The Morgan fingerprint density at radius 1 is 1.53 bits per heavy atom. The van der Waals surface area contributed by atoms with Crippen LogP contribution in [0.25, 0.3) is 0 Å². The quantitative estimate of drug-likeness (QED) is 0.891. The van der Waals surface area contributed by atoms with Crippen molar-refractivity contribution >= 4 is 11.3 Å². The second-order valence-corrected chi connectivity index (χ2v) is 4.63. The molecule has 0 aromatic carbocycles. The molecule has 0 radical (unpaired) electrons. The van der Waals surface area contributed by atoms with Gasteiger partial charge in [-0.1, -0.05) is 6.07 Å². The van der Waals surface area contributed by atoms with E-state index in [9.17, 15) is 8.78 Å². The molecule has 0 aliphatic heterocycles.